The summed E-state index contributed by atoms with van der Waals surface area (Å²) >= 11 is 0.975. The molecule has 0 unspecified atom stereocenters. The largest absolute Gasteiger partial charge is 0.465 e. The molecule has 12 heavy (non-hydrogen) atoms. The van der Waals surface area contributed by atoms with Crippen molar-refractivity contribution in [3.8, 4) is 0 Å². The van der Waals surface area contributed by atoms with Crippen LogP contribution in [0.25, 0.3) is 0 Å². The Labute approximate surface area is 71.7 Å². The fourth-order valence-corrected chi connectivity index (χ4v) is 1.21. The molecule has 1 rings (SSSR count). The van der Waals surface area contributed by atoms with Gasteiger partial charge < -0.3 is 4.74 Å². The molecular formula is C6H4N2O3S. The predicted molar refractivity (Wildman–Crippen MR) is 41.2 cm³/mol. The monoisotopic (exact) mass is 184 g/mol. The lowest BCUT2D eigenvalue weighted by atomic mass is 10.6. The van der Waals surface area contributed by atoms with Gasteiger partial charge in [-0.05, 0) is 0 Å². The number of ether oxygens (including phenoxy) is 1. The van der Waals surface area contributed by atoms with E-state index in [-0.39, 0.29) is 5.13 Å². The second kappa shape index (κ2) is 3.75. The van der Waals surface area contributed by atoms with Crippen molar-refractivity contribution in [2.24, 2.45) is 4.99 Å². The number of nitrogens with zero attached hydrogens (tertiary/aromatic N) is 2. The van der Waals surface area contributed by atoms with E-state index < -0.39 is 5.97 Å². The van der Waals surface area contributed by atoms with Crippen LogP contribution in [0.3, 0.4) is 0 Å². The number of hydrogen-bond donors (Lipinski definition) is 0. The summed E-state index contributed by atoms with van der Waals surface area (Å²) in [5, 5.41) is 0.199. The van der Waals surface area contributed by atoms with Gasteiger partial charge in [0.25, 0.3) is 0 Å². The zero-order valence-electron chi connectivity index (χ0n) is 6.10. The Morgan fingerprint density at radius 1 is 1.83 bits per heavy atom. The van der Waals surface area contributed by atoms with Gasteiger partial charge in [-0.25, -0.2) is 14.6 Å². The molecule has 0 saturated heterocycles. The third-order valence-corrected chi connectivity index (χ3v) is 1.89. The van der Waals surface area contributed by atoms with Crippen LogP contribution in [0.1, 0.15) is 9.67 Å². The number of carbonyl (C=O) groups excluding carboxylic acids is 2. The number of aliphatic imine (C=N–C) groups is 1. The quantitative estimate of drug-likeness (QED) is 0.389. The first-order valence-electron chi connectivity index (χ1n) is 2.90. The van der Waals surface area contributed by atoms with E-state index in [4.69, 9.17) is 0 Å². The van der Waals surface area contributed by atoms with Gasteiger partial charge in [-0.15, -0.1) is 4.99 Å². The molecule has 0 amide bonds. The summed E-state index contributed by atoms with van der Waals surface area (Å²) in [6.45, 7) is 0. The van der Waals surface area contributed by atoms with Crippen LogP contribution in [0.5, 0.6) is 0 Å². The number of rotatable bonds is 2. The normalized spacial score (nSPS) is 8.75. The highest BCUT2D eigenvalue weighted by Gasteiger charge is 2.09. The molecular weight excluding hydrogens is 180 g/mol. The van der Waals surface area contributed by atoms with Crippen molar-refractivity contribution in [3.05, 3.63) is 11.1 Å². The van der Waals surface area contributed by atoms with Gasteiger partial charge in [0.1, 0.15) is 4.88 Å². The summed E-state index contributed by atoms with van der Waals surface area (Å²) in [5.41, 5.74) is 0. The van der Waals surface area contributed by atoms with Crippen LogP contribution in [0.15, 0.2) is 11.2 Å². The molecule has 0 atom stereocenters. The average molecular weight is 184 g/mol. The molecule has 1 aromatic heterocycles. The van der Waals surface area contributed by atoms with Gasteiger partial charge in [0, 0.05) is 0 Å². The summed E-state index contributed by atoms with van der Waals surface area (Å²) in [7, 11) is 1.27. The SMILES string of the molecule is COC(=O)c1cnc(N=C=O)s1. The van der Waals surface area contributed by atoms with E-state index in [0.29, 0.717) is 4.88 Å². The van der Waals surface area contributed by atoms with Crippen LogP contribution in [-0.2, 0) is 9.53 Å². The molecule has 0 bridgehead atoms. The first kappa shape index (κ1) is 8.58. The molecule has 0 radical (unpaired) electrons. The van der Waals surface area contributed by atoms with Crippen molar-refractivity contribution in [2.45, 2.75) is 0 Å². The van der Waals surface area contributed by atoms with Gasteiger partial charge in [-0.1, -0.05) is 11.3 Å². The maximum Gasteiger partial charge on any atom is 0.349 e. The third-order valence-electron chi connectivity index (χ3n) is 1.02. The van der Waals surface area contributed by atoms with Crippen molar-refractivity contribution >= 4 is 28.5 Å². The van der Waals surface area contributed by atoms with Crippen molar-refractivity contribution < 1.29 is 14.3 Å². The first-order valence-corrected chi connectivity index (χ1v) is 3.71. The zero-order valence-corrected chi connectivity index (χ0v) is 6.92. The Morgan fingerprint density at radius 2 is 2.58 bits per heavy atom. The van der Waals surface area contributed by atoms with Crippen LogP contribution in [0, 0.1) is 0 Å². The predicted octanol–water partition coefficient (Wildman–Crippen LogP) is 0.897. The van der Waals surface area contributed by atoms with Crippen molar-refractivity contribution in [2.75, 3.05) is 7.11 Å². The highest BCUT2D eigenvalue weighted by molar-refractivity contribution is 7.17. The number of esters is 1. The van der Waals surface area contributed by atoms with Crippen LogP contribution >= 0.6 is 11.3 Å². The minimum Gasteiger partial charge on any atom is -0.465 e. The standard InChI is InChI=1S/C6H4N2O3S/c1-11-5(10)4-2-7-6(12-4)8-3-9/h2H,1H3. The number of aromatic nitrogens is 1. The molecule has 0 aromatic carbocycles. The number of thiazole rings is 1. The topological polar surface area (TPSA) is 68.6 Å². The molecule has 0 aliphatic carbocycles. The number of isocyanates is 1. The summed E-state index contributed by atoms with van der Waals surface area (Å²) in [4.78, 5) is 27.8. The van der Waals surface area contributed by atoms with E-state index >= 15 is 0 Å². The van der Waals surface area contributed by atoms with Gasteiger partial charge in [0.15, 0.2) is 0 Å². The maximum atomic E-state index is 10.8. The van der Waals surface area contributed by atoms with E-state index in [1.165, 1.54) is 19.4 Å². The molecule has 0 spiro atoms. The fraction of sp³-hybridized carbons (Fsp3) is 0.167. The lowest BCUT2D eigenvalue weighted by Crippen LogP contribution is -1.96. The fourth-order valence-electron chi connectivity index (χ4n) is 0.551. The average Bonchev–Trinajstić information content (AvgIpc) is 2.52. The molecule has 0 N–H and O–H groups in total. The molecule has 0 fully saturated rings. The van der Waals surface area contributed by atoms with Crippen LogP contribution in [0.2, 0.25) is 0 Å². The molecule has 5 nitrogen and oxygen atoms in total. The van der Waals surface area contributed by atoms with E-state index in [1.807, 2.05) is 0 Å². The van der Waals surface area contributed by atoms with E-state index in [0.717, 1.165) is 11.3 Å². The van der Waals surface area contributed by atoms with Crippen LogP contribution < -0.4 is 0 Å². The molecule has 1 heterocycles. The Balaban J connectivity index is 2.91. The molecule has 1 aromatic rings. The van der Waals surface area contributed by atoms with Gasteiger partial charge in [-0.3, -0.25) is 0 Å². The minimum atomic E-state index is -0.486. The van der Waals surface area contributed by atoms with Crippen LogP contribution in [-0.4, -0.2) is 24.1 Å². The second-order valence-electron chi connectivity index (χ2n) is 1.70. The zero-order chi connectivity index (χ0) is 8.97. The van der Waals surface area contributed by atoms with E-state index in [9.17, 15) is 9.59 Å². The van der Waals surface area contributed by atoms with Crippen LogP contribution in [0.4, 0.5) is 5.13 Å². The smallest absolute Gasteiger partial charge is 0.349 e. The highest BCUT2D eigenvalue weighted by Crippen LogP contribution is 2.20. The Hall–Kier alpha value is -1.52. The van der Waals surface area contributed by atoms with Gasteiger partial charge >= 0.3 is 5.97 Å². The first-order chi connectivity index (χ1) is 5.77. The number of methoxy groups -OCH3 is 1. The minimum absolute atomic E-state index is 0.199. The van der Waals surface area contributed by atoms with E-state index in [1.54, 1.807) is 0 Å². The third kappa shape index (κ3) is 1.75. The number of carbonyl (C=O) groups is 1. The molecule has 6 heteroatoms. The lowest BCUT2D eigenvalue weighted by Gasteiger charge is -1.89. The molecule has 0 saturated carbocycles. The summed E-state index contributed by atoms with van der Waals surface area (Å²) in [6.07, 6.45) is 2.62. The molecule has 0 aliphatic rings. The summed E-state index contributed by atoms with van der Waals surface area (Å²) in [5.74, 6) is -0.486. The summed E-state index contributed by atoms with van der Waals surface area (Å²) < 4.78 is 4.42. The highest BCUT2D eigenvalue weighted by atomic mass is 32.1. The second-order valence-corrected chi connectivity index (χ2v) is 2.71. The number of hydrogen-bond acceptors (Lipinski definition) is 6. The molecule has 62 valence electrons. The Kier molecular flexibility index (Phi) is 2.68. The van der Waals surface area contributed by atoms with Crippen molar-refractivity contribution in [1.29, 1.82) is 0 Å². The van der Waals surface area contributed by atoms with Gasteiger partial charge in [-0.2, -0.15) is 0 Å². The Bertz CT molecular complexity index is 340. The maximum absolute atomic E-state index is 10.8. The molecule has 0 aliphatic heterocycles. The lowest BCUT2D eigenvalue weighted by molar-refractivity contribution is 0.0606. The Morgan fingerprint density at radius 3 is 3.17 bits per heavy atom. The van der Waals surface area contributed by atoms with Gasteiger partial charge in [0.05, 0.1) is 13.3 Å². The van der Waals surface area contributed by atoms with Gasteiger partial charge in [0.2, 0.25) is 11.2 Å². The van der Waals surface area contributed by atoms with Crippen molar-refractivity contribution in [3.63, 3.8) is 0 Å². The van der Waals surface area contributed by atoms with Crippen molar-refractivity contribution in [1.82, 2.24) is 4.98 Å². The summed E-state index contributed by atoms with van der Waals surface area (Å²) in [6, 6.07) is 0. The van der Waals surface area contributed by atoms with E-state index in [2.05, 4.69) is 14.7 Å².